The minimum absolute atomic E-state index is 0.0507. The second-order valence-corrected chi connectivity index (χ2v) is 10.9. The van der Waals surface area contributed by atoms with E-state index in [1.54, 1.807) is 12.1 Å². The van der Waals surface area contributed by atoms with E-state index in [0.29, 0.717) is 5.56 Å². The van der Waals surface area contributed by atoms with E-state index in [9.17, 15) is 26.7 Å². The van der Waals surface area contributed by atoms with Crippen LogP contribution in [0.1, 0.15) is 17.2 Å². The Labute approximate surface area is 175 Å². The molecule has 0 saturated carbocycles. The number of nitrogens with zero attached hydrogens (tertiary/aromatic N) is 1. The molecule has 3 rings (SSSR count). The first-order chi connectivity index (χ1) is 14.0. The summed E-state index contributed by atoms with van der Waals surface area (Å²) >= 11 is 0. The summed E-state index contributed by atoms with van der Waals surface area (Å²) in [7, 11) is -7.86. The third-order valence-corrected chi connectivity index (χ3v) is 7.88. The normalized spacial score (nSPS) is 21.9. The van der Waals surface area contributed by atoms with Crippen LogP contribution in [0, 0.1) is 5.92 Å². The van der Waals surface area contributed by atoms with Gasteiger partial charge in [-0.15, -0.1) is 6.58 Å². The highest BCUT2D eigenvalue weighted by molar-refractivity contribution is 7.89. The van der Waals surface area contributed by atoms with Gasteiger partial charge in [0.2, 0.25) is 10.0 Å². The minimum Gasteiger partial charge on any atom is -0.481 e. The summed E-state index contributed by atoms with van der Waals surface area (Å²) in [6.07, 6.45) is 0.980. The molecule has 0 aliphatic carbocycles. The third-order valence-electron chi connectivity index (χ3n) is 5.12. The first kappa shape index (κ1) is 22.4. The van der Waals surface area contributed by atoms with Crippen molar-refractivity contribution in [2.75, 3.05) is 19.3 Å². The Kier molecular flexibility index (Phi) is 6.32. The molecule has 0 aromatic heterocycles. The Balaban J connectivity index is 1.90. The molecule has 3 unspecified atom stereocenters. The second kappa shape index (κ2) is 8.46. The zero-order chi connectivity index (χ0) is 22.1. The Morgan fingerprint density at radius 1 is 1.20 bits per heavy atom. The molecule has 3 atom stereocenters. The van der Waals surface area contributed by atoms with Crippen molar-refractivity contribution in [2.45, 2.75) is 17.8 Å². The summed E-state index contributed by atoms with van der Waals surface area (Å²) in [4.78, 5) is 11.7. The molecule has 1 aliphatic rings. The van der Waals surface area contributed by atoms with Gasteiger partial charge in [0.15, 0.2) is 0 Å². The number of hydrogen-bond donors (Lipinski definition) is 1. The minimum atomic E-state index is -3.98. The van der Waals surface area contributed by atoms with Crippen LogP contribution in [0.15, 0.2) is 55.1 Å². The van der Waals surface area contributed by atoms with E-state index in [1.165, 1.54) is 6.08 Å². The van der Waals surface area contributed by atoms with E-state index >= 15 is 0 Å². The smallest absolute Gasteiger partial charge is 0.310 e. The molecule has 1 saturated heterocycles. The first-order valence-electron chi connectivity index (χ1n) is 9.24. The highest BCUT2D eigenvalue weighted by atomic mass is 32.2. The van der Waals surface area contributed by atoms with Gasteiger partial charge in [0.05, 0.1) is 18.3 Å². The lowest BCUT2D eigenvalue weighted by Crippen LogP contribution is -2.50. The zero-order valence-corrected chi connectivity index (χ0v) is 18.0. The van der Waals surface area contributed by atoms with Gasteiger partial charge in [-0.05, 0) is 28.8 Å². The summed E-state index contributed by atoms with van der Waals surface area (Å²) in [5, 5.41) is 10.3. The van der Waals surface area contributed by atoms with Crippen molar-refractivity contribution in [3.63, 3.8) is 0 Å². The number of carboxylic acids is 1. The molecule has 0 amide bonds. The molecule has 1 N–H and O–H groups in total. The maximum Gasteiger partial charge on any atom is 0.310 e. The number of carboxylic acid groups (broad SMARTS) is 1. The fraction of sp³-hybridized carbons (Fsp3) is 0.350. The quantitative estimate of drug-likeness (QED) is 0.504. The molecule has 2 aromatic carbocycles. The average Bonchev–Trinajstić information content (AvgIpc) is 2.67. The van der Waals surface area contributed by atoms with Crippen LogP contribution < -0.4 is 0 Å². The topological polar surface area (TPSA) is 118 Å². The maximum absolute atomic E-state index is 13.3. The van der Waals surface area contributed by atoms with Crippen molar-refractivity contribution in [3.05, 3.63) is 60.7 Å². The van der Waals surface area contributed by atoms with Crippen molar-refractivity contribution in [3.8, 4) is 0 Å². The third kappa shape index (κ3) is 4.72. The van der Waals surface area contributed by atoms with Crippen molar-refractivity contribution >= 4 is 36.9 Å². The van der Waals surface area contributed by atoms with Gasteiger partial charge < -0.3 is 5.11 Å². The van der Waals surface area contributed by atoms with E-state index in [0.717, 1.165) is 21.3 Å². The largest absolute Gasteiger partial charge is 0.481 e. The SMILES string of the molecule is C=CC(c1ccc2ccccc2c1)S(=O)(=O)N1CCC(OS(C)(=O)=O)C(C(=O)O)C1. The van der Waals surface area contributed by atoms with Crippen LogP contribution in [0.2, 0.25) is 0 Å². The summed E-state index contributed by atoms with van der Waals surface area (Å²) in [5.41, 5.74) is 0.519. The molecule has 30 heavy (non-hydrogen) atoms. The van der Waals surface area contributed by atoms with Gasteiger partial charge in [0.25, 0.3) is 10.1 Å². The van der Waals surface area contributed by atoms with Crippen LogP contribution in [0.25, 0.3) is 10.8 Å². The number of piperidine rings is 1. The summed E-state index contributed by atoms with van der Waals surface area (Å²) in [6.45, 7) is 3.24. The lowest BCUT2D eigenvalue weighted by Gasteiger charge is -2.36. The van der Waals surface area contributed by atoms with Gasteiger partial charge in [-0.1, -0.05) is 42.5 Å². The second-order valence-electron chi connectivity index (χ2n) is 7.24. The number of aliphatic carboxylic acids is 1. The molecule has 0 spiro atoms. The maximum atomic E-state index is 13.3. The lowest BCUT2D eigenvalue weighted by molar-refractivity contribution is -0.146. The van der Waals surface area contributed by atoms with Gasteiger partial charge in [-0.2, -0.15) is 8.42 Å². The molecule has 0 bridgehead atoms. The van der Waals surface area contributed by atoms with Gasteiger partial charge >= 0.3 is 5.97 Å². The van der Waals surface area contributed by atoms with Crippen LogP contribution in [0.5, 0.6) is 0 Å². The highest BCUT2D eigenvalue weighted by Gasteiger charge is 2.43. The van der Waals surface area contributed by atoms with Crippen molar-refractivity contribution in [1.82, 2.24) is 4.31 Å². The predicted octanol–water partition coefficient (Wildman–Crippen LogP) is 2.15. The van der Waals surface area contributed by atoms with Gasteiger partial charge in [-0.25, -0.2) is 12.7 Å². The Hall–Kier alpha value is -2.27. The summed E-state index contributed by atoms with van der Waals surface area (Å²) < 4.78 is 55.5. The van der Waals surface area contributed by atoms with Gasteiger partial charge in [0.1, 0.15) is 5.25 Å². The molecular formula is C20H23NO7S2. The molecule has 8 nitrogen and oxygen atoms in total. The van der Waals surface area contributed by atoms with Gasteiger partial charge in [-0.3, -0.25) is 8.98 Å². The van der Waals surface area contributed by atoms with Crippen LogP contribution >= 0.6 is 0 Å². The molecule has 162 valence electrons. The van der Waals surface area contributed by atoms with Crippen LogP contribution in [0.3, 0.4) is 0 Å². The van der Waals surface area contributed by atoms with E-state index in [1.807, 2.05) is 30.3 Å². The first-order valence-corrected chi connectivity index (χ1v) is 12.6. The van der Waals surface area contributed by atoms with E-state index in [4.69, 9.17) is 4.18 Å². The number of sulfonamides is 1. The van der Waals surface area contributed by atoms with E-state index in [-0.39, 0.29) is 19.5 Å². The monoisotopic (exact) mass is 453 g/mol. The standard InChI is InChI=1S/C20H23NO7S2/c1-3-19(16-9-8-14-6-4-5-7-15(14)12-16)30(26,27)21-11-10-18(28-29(2,24)25)17(13-21)20(22)23/h3-9,12,17-19H,1,10-11,13H2,2H3,(H,22,23). The number of rotatable bonds is 7. The molecule has 1 heterocycles. The summed E-state index contributed by atoms with van der Waals surface area (Å²) in [6, 6.07) is 12.8. The molecular weight excluding hydrogens is 430 g/mol. The van der Waals surface area contributed by atoms with E-state index in [2.05, 4.69) is 6.58 Å². The van der Waals surface area contributed by atoms with Gasteiger partial charge in [0, 0.05) is 13.1 Å². The van der Waals surface area contributed by atoms with Crippen LogP contribution in [0.4, 0.5) is 0 Å². The van der Waals surface area contributed by atoms with Crippen molar-refractivity contribution < 1.29 is 30.9 Å². The van der Waals surface area contributed by atoms with Crippen molar-refractivity contribution in [1.29, 1.82) is 0 Å². The number of carbonyl (C=O) groups is 1. The number of benzene rings is 2. The fourth-order valence-corrected chi connectivity index (χ4v) is 6.15. The molecule has 2 aromatic rings. The highest BCUT2D eigenvalue weighted by Crippen LogP contribution is 2.33. The number of hydrogen-bond acceptors (Lipinski definition) is 6. The number of fused-ring (bicyclic) bond motifs is 1. The Morgan fingerprint density at radius 3 is 2.47 bits per heavy atom. The zero-order valence-electron chi connectivity index (χ0n) is 16.3. The Morgan fingerprint density at radius 2 is 1.87 bits per heavy atom. The molecule has 0 radical (unpaired) electrons. The molecule has 10 heteroatoms. The van der Waals surface area contributed by atoms with E-state index < -0.39 is 43.4 Å². The predicted molar refractivity (Wildman–Crippen MR) is 113 cm³/mol. The molecule has 1 fully saturated rings. The molecule has 1 aliphatic heterocycles. The average molecular weight is 454 g/mol. The lowest BCUT2D eigenvalue weighted by atomic mass is 9.96. The Bertz CT molecular complexity index is 1170. The summed E-state index contributed by atoms with van der Waals surface area (Å²) in [5.74, 6) is -2.62. The van der Waals surface area contributed by atoms with Crippen LogP contribution in [-0.2, 0) is 29.1 Å². The van der Waals surface area contributed by atoms with Crippen molar-refractivity contribution in [2.24, 2.45) is 5.92 Å². The fourth-order valence-electron chi connectivity index (χ4n) is 3.68. The van der Waals surface area contributed by atoms with Crippen LogP contribution in [-0.4, -0.2) is 57.7 Å².